The van der Waals surface area contributed by atoms with Gasteiger partial charge in [0.1, 0.15) is 0 Å². The van der Waals surface area contributed by atoms with Gasteiger partial charge in [-0.3, -0.25) is 0 Å². The van der Waals surface area contributed by atoms with E-state index in [4.69, 9.17) is 0 Å². The Morgan fingerprint density at radius 2 is 1.66 bits per heavy atom. The molecule has 0 aromatic carbocycles. The van der Waals surface area contributed by atoms with Gasteiger partial charge in [-0.15, -0.1) is 10.2 Å². The zero-order valence-electron chi connectivity index (χ0n) is 15.6. The average molecular weight is 419 g/mol. The molecule has 6 nitrogen and oxygen atoms in total. The molecule has 0 saturated heterocycles. The summed E-state index contributed by atoms with van der Waals surface area (Å²) in [6.07, 6.45) is -3.71. The minimum atomic E-state index is -4.75. The summed E-state index contributed by atoms with van der Waals surface area (Å²) in [4.78, 5) is 3.61. The average Bonchev–Trinajstić information content (AvgIpc) is 2.97. The molecule has 3 rings (SSSR count). The lowest BCUT2D eigenvalue weighted by Crippen LogP contribution is -2.45. The first-order valence-corrected chi connectivity index (χ1v) is 8.24. The molecule has 0 aliphatic carbocycles. The molecule has 3 heterocycles. The van der Waals surface area contributed by atoms with Crippen LogP contribution in [0.25, 0.3) is 16.9 Å². The fourth-order valence-corrected chi connectivity index (χ4v) is 2.41. The Bertz CT molecular complexity index is 1070. The Balaban J connectivity index is 2.04. The van der Waals surface area contributed by atoms with E-state index >= 15 is 0 Å². The summed E-state index contributed by atoms with van der Waals surface area (Å²) >= 11 is 0. The number of hydrogen-bond donors (Lipinski definition) is 0. The van der Waals surface area contributed by atoms with E-state index in [9.17, 15) is 26.3 Å². The van der Waals surface area contributed by atoms with Gasteiger partial charge in [-0.05, 0) is 38.5 Å². The summed E-state index contributed by atoms with van der Waals surface area (Å²) in [5.41, 5.74) is -2.03. The van der Waals surface area contributed by atoms with E-state index in [-0.39, 0.29) is 16.9 Å². The van der Waals surface area contributed by atoms with E-state index in [1.807, 2.05) is 0 Å². The maximum absolute atomic E-state index is 14.4. The second kappa shape index (κ2) is 6.56. The van der Waals surface area contributed by atoms with Gasteiger partial charge in [0, 0.05) is 18.7 Å². The molecular formula is C17H15F6N5O. The van der Waals surface area contributed by atoms with Gasteiger partial charge in [0.2, 0.25) is 5.82 Å². The SMILES string of the molecule is Cc1cc2nnc(C(C)(F)F)n2nc1-c1cnc(OC(C)(C)C(F)(F)F)c(F)c1. The zero-order valence-corrected chi connectivity index (χ0v) is 15.6. The van der Waals surface area contributed by atoms with Crippen LogP contribution in [0.15, 0.2) is 18.3 Å². The molecule has 0 radical (unpaired) electrons. The number of fused-ring (bicyclic) bond motifs is 1. The topological polar surface area (TPSA) is 65.2 Å². The van der Waals surface area contributed by atoms with E-state index < -0.39 is 35.2 Å². The minimum absolute atomic E-state index is 0.0538. The van der Waals surface area contributed by atoms with Crippen molar-refractivity contribution in [3.63, 3.8) is 0 Å². The van der Waals surface area contributed by atoms with Crippen molar-refractivity contribution >= 4 is 5.65 Å². The van der Waals surface area contributed by atoms with E-state index in [0.29, 0.717) is 12.5 Å². The highest BCUT2D eigenvalue weighted by molar-refractivity contribution is 5.64. The van der Waals surface area contributed by atoms with Crippen molar-refractivity contribution in [1.29, 1.82) is 0 Å². The van der Waals surface area contributed by atoms with Crippen molar-refractivity contribution in [2.75, 3.05) is 0 Å². The lowest BCUT2D eigenvalue weighted by atomic mass is 10.1. The fraction of sp³-hybridized carbons (Fsp3) is 0.412. The van der Waals surface area contributed by atoms with Crippen LogP contribution in [0.5, 0.6) is 5.88 Å². The number of ether oxygens (including phenoxy) is 1. The van der Waals surface area contributed by atoms with Gasteiger partial charge in [0.05, 0.1) is 5.69 Å². The van der Waals surface area contributed by atoms with Crippen molar-refractivity contribution < 1.29 is 31.1 Å². The van der Waals surface area contributed by atoms with Crippen molar-refractivity contribution in [3.8, 4) is 17.1 Å². The second-order valence-electron chi connectivity index (χ2n) is 6.98. The summed E-state index contributed by atoms with van der Waals surface area (Å²) < 4.78 is 86.0. The number of halogens is 6. The molecule has 0 aliphatic rings. The van der Waals surface area contributed by atoms with E-state index in [1.165, 1.54) is 6.07 Å². The largest absolute Gasteiger partial charge is 0.460 e. The Labute approximate surface area is 160 Å². The fourth-order valence-electron chi connectivity index (χ4n) is 2.41. The van der Waals surface area contributed by atoms with Gasteiger partial charge < -0.3 is 4.74 Å². The highest BCUT2D eigenvalue weighted by atomic mass is 19.4. The second-order valence-corrected chi connectivity index (χ2v) is 6.98. The summed E-state index contributed by atoms with van der Waals surface area (Å²) in [5.74, 6) is -6.05. The first-order valence-electron chi connectivity index (χ1n) is 8.24. The molecule has 0 spiro atoms. The first kappa shape index (κ1) is 20.8. The van der Waals surface area contributed by atoms with Crippen LogP contribution in [-0.2, 0) is 5.92 Å². The van der Waals surface area contributed by atoms with Gasteiger partial charge in [-0.1, -0.05) is 0 Å². The number of hydrogen-bond acceptors (Lipinski definition) is 5. The lowest BCUT2D eigenvalue weighted by molar-refractivity contribution is -0.235. The quantitative estimate of drug-likeness (QED) is 0.584. The molecule has 29 heavy (non-hydrogen) atoms. The van der Waals surface area contributed by atoms with E-state index in [1.54, 1.807) is 6.92 Å². The third-order valence-corrected chi connectivity index (χ3v) is 4.09. The van der Waals surface area contributed by atoms with Crippen molar-refractivity contribution in [2.24, 2.45) is 0 Å². The van der Waals surface area contributed by atoms with Gasteiger partial charge in [0.15, 0.2) is 17.1 Å². The highest BCUT2D eigenvalue weighted by Crippen LogP contribution is 2.35. The monoisotopic (exact) mass is 419 g/mol. The predicted molar refractivity (Wildman–Crippen MR) is 89.0 cm³/mol. The third-order valence-electron chi connectivity index (χ3n) is 4.09. The van der Waals surface area contributed by atoms with Crippen molar-refractivity contribution in [1.82, 2.24) is 24.8 Å². The maximum atomic E-state index is 14.4. The number of pyridine rings is 1. The van der Waals surface area contributed by atoms with Crippen LogP contribution >= 0.6 is 0 Å². The summed E-state index contributed by atoms with van der Waals surface area (Å²) in [6.45, 7) is 3.68. The van der Waals surface area contributed by atoms with Crippen LogP contribution in [0.3, 0.4) is 0 Å². The standard InChI is InChI=1S/C17H15F6N5O/c1-8-5-11-25-26-14(16(4,19)20)28(11)27-12(8)9-6-10(18)13(24-7-9)29-15(2,3)17(21,22)23/h5-7H,1-4H3. The molecule has 0 fully saturated rings. The van der Waals surface area contributed by atoms with Crippen LogP contribution in [0.4, 0.5) is 26.3 Å². The Morgan fingerprint density at radius 3 is 2.21 bits per heavy atom. The van der Waals surface area contributed by atoms with Gasteiger partial charge >= 0.3 is 12.1 Å². The van der Waals surface area contributed by atoms with Gasteiger partial charge in [0.25, 0.3) is 5.88 Å². The lowest BCUT2D eigenvalue weighted by Gasteiger charge is -2.28. The van der Waals surface area contributed by atoms with Crippen LogP contribution in [0.2, 0.25) is 0 Å². The van der Waals surface area contributed by atoms with Crippen LogP contribution in [0, 0.1) is 12.7 Å². The number of aryl methyl sites for hydroxylation is 1. The van der Waals surface area contributed by atoms with Crippen LogP contribution in [0.1, 0.15) is 32.2 Å². The summed E-state index contributed by atoms with van der Waals surface area (Å²) in [5, 5.41) is 11.1. The third kappa shape index (κ3) is 3.83. The molecule has 3 aromatic heterocycles. The van der Waals surface area contributed by atoms with Crippen molar-refractivity contribution in [3.05, 3.63) is 35.5 Å². The number of nitrogens with zero attached hydrogens (tertiary/aromatic N) is 5. The highest BCUT2D eigenvalue weighted by Gasteiger charge is 2.50. The Kier molecular flexibility index (Phi) is 4.71. The van der Waals surface area contributed by atoms with E-state index in [2.05, 4.69) is 25.0 Å². The predicted octanol–water partition coefficient (Wildman–Crippen LogP) is 4.47. The number of rotatable bonds is 4. The number of alkyl halides is 5. The molecule has 0 N–H and O–H groups in total. The zero-order chi connectivity index (χ0) is 21.8. The molecule has 0 saturated carbocycles. The Morgan fingerprint density at radius 1 is 1.00 bits per heavy atom. The van der Waals surface area contributed by atoms with Crippen molar-refractivity contribution in [2.45, 2.75) is 45.4 Å². The molecule has 0 aliphatic heterocycles. The summed E-state index contributed by atoms with van der Waals surface area (Å²) in [7, 11) is 0. The number of aromatic nitrogens is 5. The molecule has 0 unspecified atom stereocenters. The van der Waals surface area contributed by atoms with E-state index in [0.717, 1.165) is 30.6 Å². The minimum Gasteiger partial charge on any atom is -0.460 e. The smallest absolute Gasteiger partial charge is 0.427 e. The molecule has 12 heteroatoms. The molecular weight excluding hydrogens is 404 g/mol. The summed E-state index contributed by atoms with van der Waals surface area (Å²) in [6, 6.07) is 2.28. The molecule has 3 aromatic rings. The molecule has 0 amide bonds. The normalized spacial score (nSPS) is 13.2. The first-order chi connectivity index (χ1) is 13.2. The van der Waals surface area contributed by atoms with Crippen LogP contribution < -0.4 is 4.74 Å². The molecule has 156 valence electrons. The maximum Gasteiger partial charge on any atom is 0.427 e. The molecule has 0 atom stereocenters. The van der Waals surface area contributed by atoms with Gasteiger partial charge in [-0.2, -0.15) is 31.6 Å². The van der Waals surface area contributed by atoms with Gasteiger partial charge in [-0.25, -0.2) is 9.37 Å². The van der Waals surface area contributed by atoms with Crippen LogP contribution in [-0.4, -0.2) is 36.6 Å². The molecule has 0 bridgehead atoms. The Hall–Kier alpha value is -2.92.